The van der Waals surface area contributed by atoms with Crippen LogP contribution in [0.1, 0.15) is 24.5 Å². The summed E-state index contributed by atoms with van der Waals surface area (Å²) < 4.78 is 13.2. The van der Waals surface area contributed by atoms with Crippen LogP contribution < -0.4 is 5.32 Å². The summed E-state index contributed by atoms with van der Waals surface area (Å²) in [7, 11) is 0. The summed E-state index contributed by atoms with van der Waals surface area (Å²) >= 11 is 0. The van der Waals surface area contributed by atoms with E-state index in [9.17, 15) is 14.3 Å². The van der Waals surface area contributed by atoms with E-state index in [-0.39, 0.29) is 30.3 Å². The predicted molar refractivity (Wildman–Crippen MR) is 93.0 cm³/mol. The highest BCUT2D eigenvalue weighted by Gasteiger charge is 2.17. The van der Waals surface area contributed by atoms with Gasteiger partial charge >= 0.3 is 0 Å². The smallest absolute Gasteiger partial charge is 0.223 e. The van der Waals surface area contributed by atoms with Crippen molar-refractivity contribution in [3.05, 3.63) is 71.5 Å². The lowest BCUT2D eigenvalue weighted by molar-refractivity contribution is -0.125. The van der Waals surface area contributed by atoms with Crippen molar-refractivity contribution in [3.8, 4) is 0 Å². The number of carbonyl (C=O) groups is 1. The molecule has 4 heteroatoms. The van der Waals surface area contributed by atoms with Crippen molar-refractivity contribution >= 4 is 5.91 Å². The number of carbonyl (C=O) groups excluding carboxylic acids is 1. The molecule has 2 atom stereocenters. The zero-order valence-corrected chi connectivity index (χ0v) is 13.9. The molecule has 0 aliphatic heterocycles. The van der Waals surface area contributed by atoms with Gasteiger partial charge in [0.05, 0.1) is 12.6 Å². The van der Waals surface area contributed by atoms with Crippen LogP contribution in [0.5, 0.6) is 0 Å². The van der Waals surface area contributed by atoms with E-state index in [0.717, 1.165) is 11.1 Å². The Kier molecular flexibility index (Phi) is 6.94. The van der Waals surface area contributed by atoms with Crippen molar-refractivity contribution in [1.29, 1.82) is 0 Å². The molecule has 128 valence electrons. The second-order valence-electron chi connectivity index (χ2n) is 6.15. The molecule has 24 heavy (non-hydrogen) atoms. The van der Waals surface area contributed by atoms with Crippen LogP contribution in [0.15, 0.2) is 54.6 Å². The van der Waals surface area contributed by atoms with Crippen LogP contribution >= 0.6 is 0 Å². The van der Waals surface area contributed by atoms with Crippen LogP contribution in [0.25, 0.3) is 0 Å². The number of halogens is 1. The number of hydrogen-bond acceptors (Lipinski definition) is 2. The molecule has 2 rings (SSSR count). The first-order chi connectivity index (χ1) is 11.6. The fourth-order valence-corrected chi connectivity index (χ4v) is 2.61. The lowest BCUT2D eigenvalue weighted by Gasteiger charge is -2.19. The molecule has 0 saturated heterocycles. The standard InChI is InChI=1S/C20H24FNO2/c1-15(10-11-17-8-5-9-18(21)12-17)20(24)22-19(14-23)13-16-6-3-2-4-7-16/h2-9,12,15,19,23H,10-11,13-14H2,1H3,(H,22,24). The minimum Gasteiger partial charge on any atom is -0.394 e. The number of benzene rings is 2. The Morgan fingerprint density at radius 2 is 1.83 bits per heavy atom. The van der Waals surface area contributed by atoms with Gasteiger partial charge in [0.2, 0.25) is 5.91 Å². The second-order valence-corrected chi connectivity index (χ2v) is 6.15. The minimum atomic E-state index is -0.295. The van der Waals surface area contributed by atoms with E-state index in [1.54, 1.807) is 6.07 Å². The quantitative estimate of drug-likeness (QED) is 0.782. The molecule has 0 fully saturated rings. The molecule has 0 spiro atoms. The molecule has 3 nitrogen and oxygen atoms in total. The van der Waals surface area contributed by atoms with Crippen LogP contribution in [0.4, 0.5) is 4.39 Å². The molecular weight excluding hydrogens is 305 g/mol. The Hall–Kier alpha value is -2.20. The first-order valence-electron chi connectivity index (χ1n) is 8.28. The summed E-state index contributed by atoms with van der Waals surface area (Å²) in [6, 6.07) is 15.9. The van der Waals surface area contributed by atoms with Crippen LogP contribution in [-0.2, 0) is 17.6 Å². The van der Waals surface area contributed by atoms with Crippen molar-refractivity contribution in [3.63, 3.8) is 0 Å². The van der Waals surface area contributed by atoms with Crippen LogP contribution in [0.2, 0.25) is 0 Å². The Morgan fingerprint density at radius 3 is 2.50 bits per heavy atom. The normalized spacial score (nSPS) is 13.3. The molecule has 0 heterocycles. The molecular formula is C20H24FNO2. The van der Waals surface area contributed by atoms with Gasteiger partial charge in [0.1, 0.15) is 5.82 Å². The zero-order chi connectivity index (χ0) is 17.4. The van der Waals surface area contributed by atoms with E-state index in [0.29, 0.717) is 19.3 Å². The third-order valence-electron chi connectivity index (χ3n) is 4.09. The van der Waals surface area contributed by atoms with Gasteiger partial charge in [0, 0.05) is 5.92 Å². The third kappa shape index (κ3) is 5.78. The number of aryl methyl sites for hydroxylation is 1. The fourth-order valence-electron chi connectivity index (χ4n) is 2.61. The lowest BCUT2D eigenvalue weighted by atomic mass is 9.99. The fraction of sp³-hybridized carbons (Fsp3) is 0.350. The van der Waals surface area contributed by atoms with Gasteiger partial charge in [-0.05, 0) is 42.5 Å². The highest BCUT2D eigenvalue weighted by atomic mass is 19.1. The summed E-state index contributed by atoms with van der Waals surface area (Å²) in [4.78, 5) is 12.3. The first-order valence-corrected chi connectivity index (χ1v) is 8.28. The summed E-state index contributed by atoms with van der Waals surface area (Å²) in [6.07, 6.45) is 1.88. The predicted octanol–water partition coefficient (Wildman–Crippen LogP) is 3.11. The summed E-state index contributed by atoms with van der Waals surface area (Å²) in [5.74, 6) is -0.535. The van der Waals surface area contributed by atoms with E-state index in [2.05, 4.69) is 5.32 Å². The lowest BCUT2D eigenvalue weighted by Crippen LogP contribution is -2.41. The molecule has 0 aliphatic carbocycles. The van der Waals surface area contributed by atoms with Crippen LogP contribution in [-0.4, -0.2) is 23.7 Å². The van der Waals surface area contributed by atoms with E-state index >= 15 is 0 Å². The molecule has 0 saturated carbocycles. The van der Waals surface area contributed by atoms with Gasteiger partial charge < -0.3 is 10.4 Å². The average molecular weight is 329 g/mol. The molecule has 2 unspecified atom stereocenters. The molecule has 2 N–H and O–H groups in total. The molecule has 0 aliphatic rings. The number of aliphatic hydroxyl groups excluding tert-OH is 1. The Balaban J connectivity index is 1.83. The van der Waals surface area contributed by atoms with Gasteiger partial charge in [-0.1, -0.05) is 49.4 Å². The highest BCUT2D eigenvalue weighted by molar-refractivity contribution is 5.78. The average Bonchev–Trinajstić information content (AvgIpc) is 2.60. The topological polar surface area (TPSA) is 49.3 Å². The SMILES string of the molecule is CC(CCc1cccc(F)c1)C(=O)NC(CO)Cc1ccccc1. The molecule has 0 aromatic heterocycles. The zero-order valence-electron chi connectivity index (χ0n) is 13.9. The summed E-state index contributed by atoms with van der Waals surface area (Å²) in [5.41, 5.74) is 1.96. The van der Waals surface area contributed by atoms with E-state index in [1.807, 2.05) is 43.3 Å². The van der Waals surface area contributed by atoms with Gasteiger partial charge in [0.15, 0.2) is 0 Å². The van der Waals surface area contributed by atoms with Crippen molar-refractivity contribution < 1.29 is 14.3 Å². The van der Waals surface area contributed by atoms with Crippen molar-refractivity contribution in [2.75, 3.05) is 6.61 Å². The number of rotatable bonds is 8. The first kappa shape index (κ1) is 18.1. The van der Waals surface area contributed by atoms with E-state index < -0.39 is 0 Å². The van der Waals surface area contributed by atoms with Gasteiger partial charge in [0.25, 0.3) is 0 Å². The molecule has 0 radical (unpaired) electrons. The number of aliphatic hydroxyl groups is 1. The second kappa shape index (κ2) is 9.18. The monoisotopic (exact) mass is 329 g/mol. The number of nitrogens with one attached hydrogen (secondary N) is 1. The van der Waals surface area contributed by atoms with Crippen molar-refractivity contribution in [1.82, 2.24) is 5.32 Å². The van der Waals surface area contributed by atoms with Gasteiger partial charge in [-0.25, -0.2) is 4.39 Å². The maximum atomic E-state index is 13.2. The molecule has 2 aromatic rings. The summed E-state index contributed by atoms with van der Waals surface area (Å²) in [6.45, 7) is 1.75. The van der Waals surface area contributed by atoms with Crippen LogP contribution in [0, 0.1) is 11.7 Å². The number of hydrogen-bond donors (Lipinski definition) is 2. The van der Waals surface area contributed by atoms with Gasteiger partial charge in [-0.2, -0.15) is 0 Å². The van der Waals surface area contributed by atoms with Gasteiger partial charge in [-0.15, -0.1) is 0 Å². The third-order valence-corrected chi connectivity index (χ3v) is 4.09. The van der Waals surface area contributed by atoms with E-state index in [1.165, 1.54) is 12.1 Å². The maximum absolute atomic E-state index is 13.2. The Morgan fingerprint density at radius 1 is 1.12 bits per heavy atom. The Bertz CT molecular complexity index is 645. The molecule has 1 amide bonds. The maximum Gasteiger partial charge on any atom is 0.223 e. The molecule has 2 aromatic carbocycles. The largest absolute Gasteiger partial charge is 0.394 e. The minimum absolute atomic E-state index is 0.0821. The number of amides is 1. The van der Waals surface area contributed by atoms with Gasteiger partial charge in [-0.3, -0.25) is 4.79 Å². The van der Waals surface area contributed by atoms with Crippen LogP contribution in [0.3, 0.4) is 0 Å². The van der Waals surface area contributed by atoms with Crippen molar-refractivity contribution in [2.45, 2.75) is 32.2 Å². The van der Waals surface area contributed by atoms with Crippen molar-refractivity contribution in [2.24, 2.45) is 5.92 Å². The summed E-state index contributed by atoms with van der Waals surface area (Å²) in [5, 5.41) is 12.4. The van der Waals surface area contributed by atoms with E-state index in [4.69, 9.17) is 0 Å². The highest BCUT2D eigenvalue weighted by Crippen LogP contribution is 2.12. The molecule has 0 bridgehead atoms. The Labute approximate surface area is 142 Å².